The number of benzene rings is 1. The molecular weight excluding hydrogens is 301 g/mol. The van der Waals surface area contributed by atoms with Gasteiger partial charge in [-0.2, -0.15) is 0 Å². The summed E-state index contributed by atoms with van der Waals surface area (Å²) in [6.45, 7) is 7.56. The fourth-order valence-electron chi connectivity index (χ4n) is 1.80. The van der Waals surface area contributed by atoms with Gasteiger partial charge in [-0.3, -0.25) is 0 Å². The number of hydrogen-bond donors (Lipinski definition) is 2. The Hall–Kier alpha value is -2.24. The molecule has 2 rings (SSSR count). The first kappa shape index (κ1) is 17.8. The summed E-state index contributed by atoms with van der Waals surface area (Å²) in [5, 5.41) is 10.8. The molecule has 5 heteroatoms. The number of thiophene rings is 1. The Balaban J connectivity index is 0.00000116. The molecule has 0 aliphatic heterocycles. The van der Waals surface area contributed by atoms with E-state index in [1.54, 1.807) is 24.3 Å². The molecule has 0 amide bonds. The van der Waals surface area contributed by atoms with E-state index in [9.17, 15) is 9.18 Å². The van der Waals surface area contributed by atoms with Crippen LogP contribution in [0.15, 0.2) is 43.0 Å². The molecule has 0 aliphatic rings. The topological polar surface area (TPSA) is 49.3 Å². The van der Waals surface area contributed by atoms with Gasteiger partial charge in [-0.1, -0.05) is 37.4 Å². The first-order chi connectivity index (χ1) is 10.7. The van der Waals surface area contributed by atoms with Crippen LogP contribution >= 0.6 is 11.3 Å². The minimum Gasteiger partial charge on any atom is -0.400 e. The molecule has 1 heterocycles. The van der Waals surface area contributed by atoms with E-state index in [1.807, 2.05) is 12.1 Å². The fourth-order valence-corrected chi connectivity index (χ4v) is 2.76. The van der Waals surface area contributed by atoms with Crippen molar-refractivity contribution in [2.75, 3.05) is 12.4 Å². The molecule has 0 saturated heterocycles. The molecule has 0 aliphatic carbocycles. The number of hydrogen-bond acceptors (Lipinski definition) is 4. The van der Waals surface area contributed by atoms with Crippen molar-refractivity contribution in [3.8, 4) is 0 Å². The number of aliphatic hydroxyl groups is 1. The van der Waals surface area contributed by atoms with Crippen molar-refractivity contribution in [3.63, 3.8) is 0 Å². The Bertz CT molecular complexity index is 739. The summed E-state index contributed by atoms with van der Waals surface area (Å²) < 4.78 is 14.4. The van der Waals surface area contributed by atoms with E-state index in [2.05, 4.69) is 18.5 Å². The number of nitrogens with one attached hydrogen (secondary N) is 1. The van der Waals surface area contributed by atoms with Crippen molar-refractivity contribution in [1.82, 2.24) is 0 Å². The summed E-state index contributed by atoms with van der Waals surface area (Å²) in [5.41, 5.74) is 0.304. The average molecular weight is 319 g/mol. The molecule has 0 saturated carbocycles. The lowest BCUT2D eigenvalue weighted by atomic mass is 10.2. The molecule has 1 aromatic carbocycles. The Labute approximate surface area is 132 Å². The second-order valence-electron chi connectivity index (χ2n) is 4.17. The predicted molar refractivity (Wildman–Crippen MR) is 90.7 cm³/mol. The predicted octanol–water partition coefficient (Wildman–Crippen LogP) is 2.22. The van der Waals surface area contributed by atoms with Crippen molar-refractivity contribution in [3.05, 3.63) is 63.4 Å². The lowest BCUT2D eigenvalue weighted by molar-refractivity contribution is -0.108. The minimum absolute atomic E-state index is 0.304. The molecule has 0 bridgehead atoms. The van der Waals surface area contributed by atoms with Crippen LogP contribution in [0, 0.1) is 5.82 Å². The van der Waals surface area contributed by atoms with Gasteiger partial charge in [-0.25, -0.2) is 4.39 Å². The zero-order valence-corrected chi connectivity index (χ0v) is 13.1. The van der Waals surface area contributed by atoms with Crippen LogP contribution in [0.1, 0.15) is 10.9 Å². The maximum Gasteiger partial charge on any atom is 0.147 e. The molecule has 1 unspecified atom stereocenters. The van der Waals surface area contributed by atoms with Crippen LogP contribution < -0.4 is 15.1 Å². The summed E-state index contributed by atoms with van der Waals surface area (Å²) in [4.78, 5) is 12.1. The highest BCUT2D eigenvalue weighted by atomic mass is 32.1. The lowest BCUT2D eigenvalue weighted by Crippen LogP contribution is -2.14. The molecule has 2 N–H and O–H groups in total. The largest absolute Gasteiger partial charge is 0.400 e. The normalized spacial score (nSPS) is 12.0. The summed E-state index contributed by atoms with van der Waals surface area (Å²) in [6.07, 6.45) is 4.25. The standard InChI is InChI=1S/C16H14FNOS.CH4O/c1-3-6-12-9-16(20-11(12)2)15(10-19)18-14-8-5-4-7-13(14)17;1-2/h3-10,15,18H,1-2H2;2H,1H3/b12-6-;. The van der Waals surface area contributed by atoms with Crippen molar-refractivity contribution in [2.24, 2.45) is 0 Å². The summed E-state index contributed by atoms with van der Waals surface area (Å²) in [7, 11) is 1.00. The molecule has 3 nitrogen and oxygen atoms in total. The van der Waals surface area contributed by atoms with Crippen LogP contribution in [-0.4, -0.2) is 18.5 Å². The van der Waals surface area contributed by atoms with Gasteiger partial charge in [0.2, 0.25) is 0 Å². The quantitative estimate of drug-likeness (QED) is 0.831. The summed E-state index contributed by atoms with van der Waals surface area (Å²) in [5.74, 6) is -0.386. The Kier molecular flexibility index (Phi) is 7.22. The lowest BCUT2D eigenvalue weighted by Gasteiger charge is -2.12. The van der Waals surface area contributed by atoms with Crippen LogP contribution in [0.5, 0.6) is 0 Å². The summed E-state index contributed by atoms with van der Waals surface area (Å²) in [6, 6.07) is 7.54. The maximum atomic E-state index is 13.6. The number of halogens is 1. The third-order valence-corrected chi connectivity index (χ3v) is 3.88. The van der Waals surface area contributed by atoms with Crippen LogP contribution in [0.2, 0.25) is 0 Å². The molecule has 0 fully saturated rings. The van der Waals surface area contributed by atoms with Gasteiger partial charge in [0.1, 0.15) is 18.1 Å². The van der Waals surface area contributed by atoms with Gasteiger partial charge in [-0.05, 0) is 23.4 Å². The Morgan fingerprint density at radius 3 is 2.64 bits per heavy atom. The van der Waals surface area contributed by atoms with Gasteiger partial charge in [0.25, 0.3) is 0 Å². The molecular formula is C17H18FNO2S. The van der Waals surface area contributed by atoms with E-state index >= 15 is 0 Å². The highest BCUT2D eigenvalue weighted by molar-refractivity contribution is 7.10. The van der Waals surface area contributed by atoms with Gasteiger partial charge in [0.05, 0.1) is 5.69 Å². The molecule has 1 atom stereocenters. The van der Waals surface area contributed by atoms with E-state index in [0.29, 0.717) is 5.69 Å². The highest BCUT2D eigenvalue weighted by Gasteiger charge is 2.14. The zero-order valence-electron chi connectivity index (χ0n) is 12.3. The molecule has 22 heavy (non-hydrogen) atoms. The fraction of sp³-hybridized carbons (Fsp3) is 0.118. The molecule has 1 aromatic heterocycles. The monoisotopic (exact) mass is 319 g/mol. The maximum absolute atomic E-state index is 13.6. The smallest absolute Gasteiger partial charge is 0.147 e. The van der Waals surface area contributed by atoms with Gasteiger partial charge in [0, 0.05) is 16.5 Å². The van der Waals surface area contributed by atoms with Crippen molar-refractivity contribution in [2.45, 2.75) is 6.04 Å². The number of anilines is 1. The van der Waals surface area contributed by atoms with Gasteiger partial charge < -0.3 is 15.2 Å². The number of carbonyl (C=O) groups excluding carboxylic acids is 1. The molecule has 116 valence electrons. The number of rotatable bonds is 5. The average Bonchev–Trinajstić information content (AvgIpc) is 2.90. The van der Waals surface area contributed by atoms with E-state index in [4.69, 9.17) is 5.11 Å². The Morgan fingerprint density at radius 1 is 1.36 bits per heavy atom. The van der Waals surface area contributed by atoms with Crippen molar-refractivity contribution in [1.29, 1.82) is 0 Å². The molecule has 0 radical (unpaired) electrons. The number of aliphatic hydroxyl groups excluding tert-OH is 1. The Morgan fingerprint density at radius 2 is 2.05 bits per heavy atom. The van der Waals surface area contributed by atoms with Crippen LogP contribution in [0.25, 0.3) is 12.7 Å². The molecule has 2 aromatic rings. The molecule has 0 spiro atoms. The third-order valence-electron chi connectivity index (χ3n) is 2.79. The van der Waals surface area contributed by atoms with E-state index in [1.165, 1.54) is 17.4 Å². The van der Waals surface area contributed by atoms with Crippen LogP contribution in [0.3, 0.4) is 0 Å². The van der Waals surface area contributed by atoms with Gasteiger partial charge >= 0.3 is 0 Å². The van der Waals surface area contributed by atoms with E-state index in [-0.39, 0.29) is 5.82 Å². The van der Waals surface area contributed by atoms with Crippen molar-refractivity contribution < 1.29 is 14.3 Å². The van der Waals surface area contributed by atoms with Gasteiger partial charge in [-0.15, -0.1) is 11.3 Å². The van der Waals surface area contributed by atoms with E-state index in [0.717, 1.165) is 28.0 Å². The van der Waals surface area contributed by atoms with Crippen LogP contribution in [0.4, 0.5) is 10.1 Å². The van der Waals surface area contributed by atoms with Gasteiger partial charge in [0.15, 0.2) is 0 Å². The third kappa shape index (κ3) is 4.38. The van der Waals surface area contributed by atoms with E-state index < -0.39 is 6.04 Å². The minimum atomic E-state index is -0.593. The van der Waals surface area contributed by atoms with Crippen LogP contribution in [-0.2, 0) is 4.79 Å². The second kappa shape index (κ2) is 8.92. The number of aldehydes is 1. The first-order valence-corrected chi connectivity index (χ1v) is 7.30. The number of para-hydroxylation sites is 1. The number of allylic oxidation sites excluding steroid dienone is 1. The SMILES string of the molecule is C=C/C=c1/cc(C(C=O)Nc2ccccc2F)sc1=C.CO. The number of carbonyl (C=O) groups is 1. The first-order valence-electron chi connectivity index (χ1n) is 6.48. The zero-order chi connectivity index (χ0) is 16.5. The second-order valence-corrected chi connectivity index (χ2v) is 5.34. The highest BCUT2D eigenvalue weighted by Crippen LogP contribution is 2.21. The summed E-state index contributed by atoms with van der Waals surface area (Å²) >= 11 is 1.41. The van der Waals surface area contributed by atoms with Crippen molar-refractivity contribution >= 4 is 36.0 Å².